The van der Waals surface area contributed by atoms with Gasteiger partial charge in [-0.25, -0.2) is 9.97 Å². The Bertz CT molecular complexity index is 2950. The lowest BCUT2D eigenvalue weighted by atomic mass is 9.81. The van der Waals surface area contributed by atoms with E-state index in [2.05, 4.69) is 160 Å². The van der Waals surface area contributed by atoms with Crippen molar-refractivity contribution < 1.29 is 0 Å². The van der Waals surface area contributed by atoms with Crippen molar-refractivity contribution in [2.45, 2.75) is 46.5 Å². The van der Waals surface area contributed by atoms with Gasteiger partial charge in [-0.15, -0.1) is 0 Å². The maximum atomic E-state index is 5.23. The van der Waals surface area contributed by atoms with Crippen molar-refractivity contribution in [3.05, 3.63) is 186 Å². The third kappa shape index (κ3) is 5.49. The average molecular weight is 724 g/mol. The van der Waals surface area contributed by atoms with Crippen LogP contribution in [0.25, 0.3) is 83.7 Å². The van der Waals surface area contributed by atoms with Gasteiger partial charge in [0, 0.05) is 32.7 Å². The van der Waals surface area contributed by atoms with Crippen molar-refractivity contribution in [3.8, 4) is 39.5 Å². The Morgan fingerprint density at radius 1 is 0.696 bits per heavy atom. The molecule has 56 heavy (non-hydrogen) atoms. The summed E-state index contributed by atoms with van der Waals surface area (Å²) in [6.45, 7) is 15.2. The van der Waals surface area contributed by atoms with Gasteiger partial charge in [0.2, 0.25) is 0 Å². The van der Waals surface area contributed by atoms with Gasteiger partial charge in [0.25, 0.3) is 0 Å². The van der Waals surface area contributed by atoms with E-state index in [1.165, 1.54) is 55.2 Å². The molecule has 0 saturated carbocycles. The Morgan fingerprint density at radius 3 is 2.20 bits per heavy atom. The molecule has 6 aromatic carbocycles. The summed E-state index contributed by atoms with van der Waals surface area (Å²) in [6.07, 6.45) is 13.4. The molecule has 0 bridgehead atoms. The quantitative estimate of drug-likeness (QED) is 0.146. The van der Waals surface area contributed by atoms with E-state index in [1.54, 1.807) is 0 Å². The van der Waals surface area contributed by atoms with Crippen molar-refractivity contribution in [1.82, 2.24) is 14.5 Å². The molecule has 1 aliphatic carbocycles. The van der Waals surface area contributed by atoms with Crippen LogP contribution in [0.1, 0.15) is 62.6 Å². The number of allylic oxidation sites excluding steroid dienone is 6. The average Bonchev–Trinajstić information content (AvgIpc) is 3.67. The minimum Gasteiger partial charge on any atom is -0.309 e. The fourth-order valence-electron chi connectivity index (χ4n) is 8.97. The summed E-state index contributed by atoms with van der Waals surface area (Å²) in [5.74, 6) is 0.689. The van der Waals surface area contributed by atoms with Crippen molar-refractivity contribution in [1.29, 1.82) is 0 Å². The van der Waals surface area contributed by atoms with Gasteiger partial charge >= 0.3 is 0 Å². The summed E-state index contributed by atoms with van der Waals surface area (Å²) in [5.41, 5.74) is 16.4. The van der Waals surface area contributed by atoms with Crippen LogP contribution in [0.4, 0.5) is 0 Å². The van der Waals surface area contributed by atoms with Crippen LogP contribution in [-0.2, 0) is 11.8 Å². The van der Waals surface area contributed by atoms with Gasteiger partial charge in [0.05, 0.1) is 28.1 Å². The third-order valence-corrected chi connectivity index (χ3v) is 11.6. The number of rotatable bonds is 8. The van der Waals surface area contributed by atoms with Crippen LogP contribution in [0, 0.1) is 0 Å². The molecule has 0 amide bonds. The fourth-order valence-corrected chi connectivity index (χ4v) is 8.97. The minimum absolute atomic E-state index is 0.151. The first-order chi connectivity index (χ1) is 27.4. The number of aryl methyl sites for hydroxylation is 1. The Morgan fingerprint density at radius 2 is 1.45 bits per heavy atom. The Hall–Kier alpha value is -6.58. The number of para-hydroxylation sites is 1. The monoisotopic (exact) mass is 723 g/mol. The highest BCUT2D eigenvalue weighted by Gasteiger charge is 2.38. The standard InChI is InChI=1S/C53H45N3/c1-7-18-35(19-8-2)46-33-47(55-52(54-46)36-21-12-11-13-22-36)39-28-30-49(40-24-15-14-23-38(39)40)56-48-26-17-16-25-41(48)42-31-43-45(32-50(42)56)53(5,6)44-29-27-34(10-4)37(20-9-3)51(43)44/h7-9,11-33H,1,10H2,2-6H3/b19-8-,20-9-,35-18+. The van der Waals surface area contributed by atoms with Gasteiger partial charge in [-0.1, -0.05) is 155 Å². The van der Waals surface area contributed by atoms with Crippen LogP contribution >= 0.6 is 0 Å². The molecule has 0 atom stereocenters. The summed E-state index contributed by atoms with van der Waals surface area (Å²) < 4.78 is 2.48. The van der Waals surface area contributed by atoms with E-state index in [4.69, 9.17) is 9.97 Å². The van der Waals surface area contributed by atoms with Crippen molar-refractivity contribution in [2.24, 2.45) is 0 Å². The maximum Gasteiger partial charge on any atom is 0.160 e. The molecule has 8 aromatic rings. The Labute approximate surface area is 329 Å². The lowest BCUT2D eigenvalue weighted by molar-refractivity contribution is 0.660. The molecule has 2 heterocycles. The second-order valence-corrected chi connectivity index (χ2v) is 15.2. The predicted molar refractivity (Wildman–Crippen MR) is 239 cm³/mol. The second kappa shape index (κ2) is 13.9. The van der Waals surface area contributed by atoms with E-state index in [9.17, 15) is 0 Å². The molecule has 2 aromatic heterocycles. The number of benzene rings is 6. The number of nitrogens with zero attached hydrogens (tertiary/aromatic N) is 3. The van der Waals surface area contributed by atoms with Gasteiger partial charge in [-0.05, 0) is 94.9 Å². The highest BCUT2D eigenvalue weighted by Crippen LogP contribution is 2.53. The molecule has 3 heteroatoms. The highest BCUT2D eigenvalue weighted by molar-refractivity contribution is 6.13. The zero-order chi connectivity index (χ0) is 38.6. The molecule has 0 unspecified atom stereocenters. The smallest absolute Gasteiger partial charge is 0.160 e. The molecule has 0 fully saturated rings. The maximum absolute atomic E-state index is 5.23. The SMILES string of the molecule is C=C/C=C(\C=C/C)c1cc(-c2ccc(-n3c4ccccc4c4cc5c(cc43)C(C)(C)c3ccc(CC)c(/C=C\C)c3-5)c3ccccc23)nc(-c2ccccc2)n1. The number of hydrogen-bond acceptors (Lipinski definition) is 2. The number of hydrogen-bond donors (Lipinski definition) is 0. The van der Waals surface area contributed by atoms with Crippen LogP contribution < -0.4 is 0 Å². The summed E-state index contributed by atoms with van der Waals surface area (Å²) in [7, 11) is 0. The fraction of sp³-hybridized carbons (Fsp3) is 0.132. The normalized spacial score (nSPS) is 13.7. The number of aromatic nitrogens is 3. The summed E-state index contributed by atoms with van der Waals surface area (Å²) in [5, 5.41) is 4.82. The molecule has 1 aliphatic rings. The van der Waals surface area contributed by atoms with E-state index >= 15 is 0 Å². The van der Waals surface area contributed by atoms with Gasteiger partial charge in [-0.3, -0.25) is 0 Å². The summed E-state index contributed by atoms with van der Waals surface area (Å²) in [4.78, 5) is 10.3. The third-order valence-electron chi connectivity index (χ3n) is 11.6. The molecular formula is C53H45N3. The minimum atomic E-state index is -0.151. The number of fused-ring (bicyclic) bond motifs is 7. The van der Waals surface area contributed by atoms with Crippen LogP contribution in [-0.4, -0.2) is 14.5 Å². The molecule has 0 radical (unpaired) electrons. The highest BCUT2D eigenvalue weighted by atomic mass is 15.0. The molecule has 0 spiro atoms. The van der Waals surface area contributed by atoms with E-state index in [0.717, 1.165) is 51.0 Å². The van der Waals surface area contributed by atoms with Crippen LogP contribution in [0.5, 0.6) is 0 Å². The largest absolute Gasteiger partial charge is 0.309 e. The molecular weight excluding hydrogens is 679 g/mol. The zero-order valence-corrected chi connectivity index (χ0v) is 32.8. The predicted octanol–water partition coefficient (Wildman–Crippen LogP) is 14.1. The lowest BCUT2D eigenvalue weighted by Gasteiger charge is -2.22. The van der Waals surface area contributed by atoms with Crippen molar-refractivity contribution >= 4 is 44.2 Å². The first-order valence-electron chi connectivity index (χ1n) is 19.7. The van der Waals surface area contributed by atoms with Gasteiger partial charge in [-0.2, -0.15) is 0 Å². The molecule has 9 rings (SSSR count). The second-order valence-electron chi connectivity index (χ2n) is 15.2. The van der Waals surface area contributed by atoms with Crippen molar-refractivity contribution in [2.75, 3.05) is 0 Å². The van der Waals surface area contributed by atoms with Crippen LogP contribution in [0.3, 0.4) is 0 Å². The molecule has 0 saturated heterocycles. The first-order valence-corrected chi connectivity index (χ1v) is 19.7. The molecule has 0 aliphatic heterocycles. The molecule has 3 nitrogen and oxygen atoms in total. The van der Waals surface area contributed by atoms with Crippen molar-refractivity contribution in [3.63, 3.8) is 0 Å². The van der Waals surface area contributed by atoms with Gasteiger partial charge in [0.15, 0.2) is 5.82 Å². The first kappa shape index (κ1) is 35.1. The van der Waals surface area contributed by atoms with Crippen LogP contribution in [0.15, 0.2) is 158 Å². The summed E-state index contributed by atoms with van der Waals surface area (Å²) >= 11 is 0. The zero-order valence-electron chi connectivity index (χ0n) is 32.8. The van der Waals surface area contributed by atoms with E-state index < -0.39 is 0 Å². The van der Waals surface area contributed by atoms with Crippen LogP contribution in [0.2, 0.25) is 0 Å². The van der Waals surface area contributed by atoms with E-state index in [-0.39, 0.29) is 5.41 Å². The molecule has 0 N–H and O–H groups in total. The van der Waals surface area contributed by atoms with Gasteiger partial charge < -0.3 is 4.57 Å². The Kier molecular flexibility index (Phi) is 8.74. The lowest BCUT2D eigenvalue weighted by Crippen LogP contribution is -2.15. The summed E-state index contributed by atoms with van der Waals surface area (Å²) in [6, 6.07) is 44.2. The van der Waals surface area contributed by atoms with E-state index in [0.29, 0.717) is 5.82 Å². The van der Waals surface area contributed by atoms with Gasteiger partial charge in [0.1, 0.15) is 0 Å². The Balaban J connectivity index is 1.30. The molecule has 272 valence electrons. The van der Waals surface area contributed by atoms with E-state index in [1.807, 2.05) is 43.4 Å². The topological polar surface area (TPSA) is 30.7 Å².